The molecule has 1 fully saturated rings. The molecule has 0 aliphatic carbocycles. The molecule has 2 N–H and O–H groups in total. The number of phosphoric ester groups is 1. The molecule has 2 heterocycles. The molecule has 0 spiro atoms. The number of ether oxygens (including phenoxy) is 1. The SMILES string of the molecule is O=c1[nH]c(=O)n([C@H]2C[C@H](O)[C@@H](COP(=O)([O-])[O-])O2)cc1Br. The Bertz CT molecular complexity index is 681. The molecule has 1 aromatic heterocycles. The van der Waals surface area contributed by atoms with Crippen LogP contribution in [0.2, 0.25) is 0 Å². The molecule has 21 heavy (non-hydrogen) atoms. The summed E-state index contributed by atoms with van der Waals surface area (Å²) < 4.78 is 20.8. The summed E-state index contributed by atoms with van der Waals surface area (Å²) in [6.07, 6.45) is -1.97. The van der Waals surface area contributed by atoms with Crippen molar-refractivity contribution >= 4 is 23.8 Å². The summed E-state index contributed by atoms with van der Waals surface area (Å²) in [6, 6.07) is 0. The Balaban J connectivity index is 2.14. The maximum absolute atomic E-state index is 11.7. The van der Waals surface area contributed by atoms with Crippen molar-refractivity contribution in [3.05, 3.63) is 31.5 Å². The lowest BCUT2D eigenvalue weighted by Crippen LogP contribution is -2.33. The first kappa shape index (κ1) is 16.6. The molecule has 0 unspecified atom stereocenters. The van der Waals surface area contributed by atoms with E-state index in [0.717, 1.165) is 4.57 Å². The first-order valence-electron chi connectivity index (χ1n) is 5.68. The second-order valence-electron chi connectivity index (χ2n) is 4.32. The maximum atomic E-state index is 11.7. The minimum Gasteiger partial charge on any atom is -0.790 e. The lowest BCUT2D eigenvalue weighted by Gasteiger charge is -2.30. The number of aromatic nitrogens is 2. The van der Waals surface area contributed by atoms with Crippen molar-refractivity contribution < 1.29 is 28.7 Å². The minimum atomic E-state index is -5.17. The lowest BCUT2D eigenvalue weighted by atomic mass is 10.2. The number of aromatic amines is 1. The normalized spacial score (nSPS) is 26.2. The van der Waals surface area contributed by atoms with Crippen molar-refractivity contribution in [1.29, 1.82) is 0 Å². The molecule has 0 bridgehead atoms. The zero-order valence-electron chi connectivity index (χ0n) is 10.3. The monoisotopic (exact) mass is 384 g/mol. The van der Waals surface area contributed by atoms with E-state index in [1.807, 2.05) is 4.98 Å². The van der Waals surface area contributed by atoms with Gasteiger partial charge in [-0.3, -0.25) is 14.3 Å². The molecule has 3 atom stereocenters. The van der Waals surface area contributed by atoms with Crippen molar-refractivity contribution in [2.24, 2.45) is 0 Å². The maximum Gasteiger partial charge on any atom is 0.330 e. The van der Waals surface area contributed by atoms with Gasteiger partial charge in [0.1, 0.15) is 12.3 Å². The van der Waals surface area contributed by atoms with Crippen LogP contribution in [-0.2, 0) is 13.8 Å². The molecule has 1 aromatic rings. The van der Waals surface area contributed by atoms with Crippen molar-refractivity contribution in [2.45, 2.75) is 24.9 Å². The molecule has 2 rings (SSSR count). The van der Waals surface area contributed by atoms with Crippen LogP contribution in [0.3, 0.4) is 0 Å². The number of nitrogens with one attached hydrogen (secondary N) is 1. The van der Waals surface area contributed by atoms with Crippen LogP contribution in [0.15, 0.2) is 20.3 Å². The molecular weight excluding hydrogens is 375 g/mol. The fourth-order valence-corrected chi connectivity index (χ4v) is 2.52. The van der Waals surface area contributed by atoms with E-state index in [4.69, 9.17) is 4.74 Å². The Hall–Kier alpha value is -0.810. The summed E-state index contributed by atoms with van der Waals surface area (Å²) in [5, 5.41) is 9.73. The first-order valence-corrected chi connectivity index (χ1v) is 7.94. The van der Waals surface area contributed by atoms with E-state index in [1.54, 1.807) is 0 Å². The molecular formula is C9H10BrN2O8P-2. The molecule has 0 saturated carbocycles. The highest BCUT2D eigenvalue weighted by Gasteiger charge is 2.35. The van der Waals surface area contributed by atoms with E-state index in [-0.39, 0.29) is 10.9 Å². The Morgan fingerprint density at radius 1 is 1.57 bits per heavy atom. The van der Waals surface area contributed by atoms with E-state index in [1.165, 1.54) is 6.20 Å². The third kappa shape index (κ3) is 4.10. The number of phosphoric acid groups is 1. The van der Waals surface area contributed by atoms with Gasteiger partial charge in [-0.05, 0) is 15.9 Å². The number of hydrogen-bond acceptors (Lipinski definition) is 8. The predicted octanol–water partition coefficient (Wildman–Crippen LogP) is -2.21. The lowest BCUT2D eigenvalue weighted by molar-refractivity contribution is -0.343. The Morgan fingerprint density at radius 2 is 2.24 bits per heavy atom. The van der Waals surface area contributed by atoms with Gasteiger partial charge in [0.25, 0.3) is 5.56 Å². The third-order valence-corrected chi connectivity index (χ3v) is 3.87. The highest BCUT2D eigenvalue weighted by Crippen LogP contribution is 2.31. The summed E-state index contributed by atoms with van der Waals surface area (Å²) >= 11 is 2.95. The largest absolute Gasteiger partial charge is 0.790 e. The second-order valence-corrected chi connectivity index (χ2v) is 6.33. The smallest absolute Gasteiger partial charge is 0.330 e. The standard InChI is InChI=1S/C9H12BrN2O8P/c10-4-2-12(9(15)11-8(4)14)7-1-5(13)6(20-7)3-19-21(16,17)18/h2,5-7,13H,1,3H2,(H,11,14,15)(H2,16,17,18)/p-2/t5-,6+,7+/m0/s1. The zero-order chi connectivity index (χ0) is 15.8. The molecule has 1 aliphatic heterocycles. The van der Waals surface area contributed by atoms with Gasteiger partial charge in [0.05, 0.1) is 25.0 Å². The van der Waals surface area contributed by atoms with E-state index >= 15 is 0 Å². The molecule has 12 heteroatoms. The first-order chi connectivity index (χ1) is 9.67. The molecule has 118 valence electrons. The number of hydrogen-bond donors (Lipinski definition) is 2. The van der Waals surface area contributed by atoms with Gasteiger partial charge in [-0.2, -0.15) is 0 Å². The van der Waals surface area contributed by atoms with Crippen LogP contribution in [0.25, 0.3) is 0 Å². The van der Waals surface area contributed by atoms with Crippen LogP contribution in [0.5, 0.6) is 0 Å². The van der Waals surface area contributed by atoms with Crippen LogP contribution in [0.4, 0.5) is 0 Å². The molecule has 1 aliphatic rings. The summed E-state index contributed by atoms with van der Waals surface area (Å²) in [6.45, 7) is -0.652. The number of aliphatic hydroxyl groups excluding tert-OH is 1. The van der Waals surface area contributed by atoms with Gasteiger partial charge in [0.15, 0.2) is 0 Å². The van der Waals surface area contributed by atoms with Gasteiger partial charge in [0, 0.05) is 12.6 Å². The third-order valence-electron chi connectivity index (χ3n) is 2.84. The Morgan fingerprint density at radius 3 is 2.86 bits per heavy atom. The van der Waals surface area contributed by atoms with Crippen LogP contribution in [0.1, 0.15) is 12.6 Å². The van der Waals surface area contributed by atoms with Gasteiger partial charge < -0.3 is 28.7 Å². The number of H-pyrrole nitrogens is 1. The predicted molar refractivity (Wildman–Crippen MR) is 67.1 cm³/mol. The average molecular weight is 385 g/mol. The van der Waals surface area contributed by atoms with E-state index in [9.17, 15) is 29.0 Å². The van der Waals surface area contributed by atoms with Gasteiger partial charge in [0.2, 0.25) is 0 Å². The number of rotatable bonds is 4. The van der Waals surface area contributed by atoms with E-state index in [0.29, 0.717) is 0 Å². The fraction of sp³-hybridized carbons (Fsp3) is 0.556. The van der Waals surface area contributed by atoms with Crippen LogP contribution < -0.4 is 21.0 Å². The Labute approximate surface area is 125 Å². The van der Waals surface area contributed by atoms with Crippen molar-refractivity contribution in [3.8, 4) is 0 Å². The highest BCUT2D eigenvalue weighted by molar-refractivity contribution is 9.10. The van der Waals surface area contributed by atoms with Gasteiger partial charge in [-0.25, -0.2) is 4.79 Å². The number of aliphatic hydroxyl groups is 1. The average Bonchev–Trinajstić information content (AvgIpc) is 2.72. The van der Waals surface area contributed by atoms with Crippen molar-refractivity contribution in [1.82, 2.24) is 9.55 Å². The summed E-state index contributed by atoms with van der Waals surface area (Å²) in [7, 11) is -5.17. The summed E-state index contributed by atoms with van der Waals surface area (Å²) in [5.74, 6) is 0. The second kappa shape index (κ2) is 6.13. The number of nitrogens with zero attached hydrogens (tertiary/aromatic N) is 1. The van der Waals surface area contributed by atoms with E-state index in [2.05, 4.69) is 20.5 Å². The number of halogens is 1. The van der Waals surface area contributed by atoms with Gasteiger partial charge >= 0.3 is 5.69 Å². The fourth-order valence-electron chi connectivity index (χ4n) is 1.88. The topological polar surface area (TPSA) is 157 Å². The van der Waals surface area contributed by atoms with Crippen LogP contribution >= 0.6 is 23.8 Å². The van der Waals surface area contributed by atoms with Gasteiger partial charge in [-0.15, -0.1) is 0 Å². The van der Waals surface area contributed by atoms with E-state index < -0.39 is 44.1 Å². The van der Waals surface area contributed by atoms with Gasteiger partial charge in [-0.1, -0.05) is 0 Å². The molecule has 0 radical (unpaired) electrons. The molecule has 0 aromatic carbocycles. The highest BCUT2D eigenvalue weighted by atomic mass is 79.9. The Kier molecular flexibility index (Phi) is 4.83. The zero-order valence-corrected chi connectivity index (χ0v) is 12.8. The van der Waals surface area contributed by atoms with Crippen molar-refractivity contribution in [3.63, 3.8) is 0 Å². The molecule has 0 amide bonds. The quantitative estimate of drug-likeness (QED) is 0.553. The summed E-state index contributed by atoms with van der Waals surface area (Å²) in [4.78, 5) is 45.7. The minimum absolute atomic E-state index is 0.0333. The summed E-state index contributed by atoms with van der Waals surface area (Å²) in [5.41, 5.74) is -1.37. The van der Waals surface area contributed by atoms with Crippen LogP contribution in [-0.4, -0.2) is 33.5 Å². The molecule has 10 nitrogen and oxygen atoms in total. The van der Waals surface area contributed by atoms with Crippen molar-refractivity contribution in [2.75, 3.05) is 6.61 Å². The molecule has 1 saturated heterocycles. The van der Waals surface area contributed by atoms with Crippen LogP contribution in [0, 0.1) is 0 Å².